The lowest BCUT2D eigenvalue weighted by atomic mass is 10.0. The van der Waals surface area contributed by atoms with Gasteiger partial charge in [-0.1, -0.05) is 34.8 Å². The van der Waals surface area contributed by atoms with Crippen LogP contribution in [-0.4, -0.2) is 52.2 Å². The number of thioether (sulfide) groups is 1. The summed E-state index contributed by atoms with van der Waals surface area (Å²) in [7, 11) is 3.09. The maximum atomic E-state index is 12.9. The maximum Gasteiger partial charge on any atom is 0.445 e. The normalized spacial score (nSPS) is 19.5. The number of nitrogens with zero attached hydrogens (tertiary/aromatic N) is 4. The first-order chi connectivity index (χ1) is 13.5. The Morgan fingerprint density at radius 1 is 1.21 bits per heavy atom. The number of urea groups is 1. The number of hydrogen-bond acceptors (Lipinski definition) is 6. The van der Waals surface area contributed by atoms with E-state index in [1.54, 1.807) is 25.4 Å². The Morgan fingerprint density at radius 2 is 2.04 bits per heavy atom. The van der Waals surface area contributed by atoms with Crippen LogP contribution in [-0.2, 0) is 10.5 Å². The van der Waals surface area contributed by atoms with E-state index in [1.807, 2.05) is 25.1 Å². The molecule has 8 heteroatoms. The van der Waals surface area contributed by atoms with Gasteiger partial charge >= 0.3 is 11.9 Å². The number of carbonyl (C=O) groups is 2. The van der Waals surface area contributed by atoms with Gasteiger partial charge in [-0.05, 0) is 24.6 Å². The van der Waals surface area contributed by atoms with Crippen LogP contribution in [0.1, 0.15) is 16.9 Å². The molecule has 0 spiro atoms. The number of aliphatic imine (C=N–C) groups is 2. The molecule has 3 amide bonds. The van der Waals surface area contributed by atoms with E-state index in [0.29, 0.717) is 28.2 Å². The van der Waals surface area contributed by atoms with Gasteiger partial charge in [0.2, 0.25) is 0 Å². The van der Waals surface area contributed by atoms with Crippen LogP contribution in [0.4, 0.5) is 4.79 Å². The second-order valence-electron chi connectivity index (χ2n) is 6.67. The zero-order valence-electron chi connectivity index (χ0n) is 15.7. The molecular formula is C20H19N4O3S+. The van der Waals surface area contributed by atoms with Gasteiger partial charge in [-0.15, -0.1) is 11.8 Å². The number of amides is 3. The van der Waals surface area contributed by atoms with Crippen molar-refractivity contribution in [3.8, 4) is 0 Å². The van der Waals surface area contributed by atoms with Gasteiger partial charge in [0, 0.05) is 5.75 Å². The van der Waals surface area contributed by atoms with Gasteiger partial charge in [0.1, 0.15) is 5.04 Å². The molecule has 0 radical (unpaired) electrons. The highest BCUT2D eigenvalue weighted by Gasteiger charge is 2.49. The van der Waals surface area contributed by atoms with Crippen LogP contribution < -0.4 is 0 Å². The third kappa shape index (κ3) is 3.20. The molecule has 142 valence electrons. The van der Waals surface area contributed by atoms with Crippen LogP contribution in [0.15, 0.2) is 57.1 Å². The Hall–Kier alpha value is -3.00. The molecule has 0 fully saturated rings. The van der Waals surface area contributed by atoms with E-state index in [9.17, 15) is 9.59 Å². The molecule has 2 aromatic rings. The molecule has 1 aromatic carbocycles. The minimum Gasteiger partial charge on any atom is -0.459 e. The number of amidine groups is 2. The number of furan rings is 1. The molecule has 0 aliphatic carbocycles. The first-order valence-corrected chi connectivity index (χ1v) is 9.76. The van der Waals surface area contributed by atoms with Crippen LogP contribution in [0.5, 0.6) is 0 Å². The van der Waals surface area contributed by atoms with Crippen molar-refractivity contribution in [3.63, 3.8) is 0 Å². The lowest BCUT2D eigenvalue weighted by Crippen LogP contribution is -2.54. The van der Waals surface area contributed by atoms with Crippen molar-refractivity contribution in [2.24, 2.45) is 15.9 Å². The molecule has 7 nitrogen and oxygen atoms in total. The average Bonchev–Trinajstić information content (AvgIpc) is 3.23. The SMILES string of the molecule is Cc1cccc(CSC2=NC(c3ccco3)=NC3=[N+](C)C(=O)N(C)C(=O)C23)c1. The highest BCUT2D eigenvalue weighted by molar-refractivity contribution is 8.13. The second-order valence-corrected chi connectivity index (χ2v) is 7.67. The molecule has 2 aliphatic rings. The fraction of sp³-hybridized carbons (Fsp3) is 0.250. The molecule has 0 N–H and O–H groups in total. The Kier molecular flexibility index (Phi) is 4.72. The number of carbonyl (C=O) groups excluding carboxylic acids is 2. The number of benzene rings is 1. The fourth-order valence-electron chi connectivity index (χ4n) is 3.16. The summed E-state index contributed by atoms with van der Waals surface area (Å²) < 4.78 is 6.83. The van der Waals surface area contributed by atoms with Gasteiger partial charge in [0.15, 0.2) is 11.7 Å². The summed E-state index contributed by atoms with van der Waals surface area (Å²) in [5, 5.41) is 0.606. The Bertz CT molecular complexity index is 1050. The summed E-state index contributed by atoms with van der Waals surface area (Å²) in [5.74, 6) is 0.870. The molecule has 0 saturated heterocycles. The van der Waals surface area contributed by atoms with Gasteiger partial charge in [0.25, 0.3) is 11.7 Å². The molecule has 4 rings (SSSR count). The molecular weight excluding hydrogens is 376 g/mol. The van der Waals surface area contributed by atoms with Crippen molar-refractivity contribution in [1.82, 2.24) is 4.90 Å². The number of imide groups is 1. The molecule has 0 saturated carbocycles. The largest absolute Gasteiger partial charge is 0.459 e. The van der Waals surface area contributed by atoms with Gasteiger partial charge in [0.05, 0.1) is 20.4 Å². The van der Waals surface area contributed by atoms with E-state index in [-0.39, 0.29) is 5.91 Å². The zero-order chi connectivity index (χ0) is 19.8. The predicted molar refractivity (Wildman–Crippen MR) is 108 cm³/mol. The Balaban J connectivity index is 1.75. The molecule has 1 atom stereocenters. The van der Waals surface area contributed by atoms with Crippen molar-refractivity contribution in [3.05, 3.63) is 59.5 Å². The minimum atomic E-state index is -0.693. The number of rotatable bonds is 3. The molecule has 28 heavy (non-hydrogen) atoms. The van der Waals surface area contributed by atoms with Crippen molar-refractivity contribution in [1.29, 1.82) is 0 Å². The van der Waals surface area contributed by atoms with Gasteiger partial charge in [-0.2, -0.15) is 9.48 Å². The smallest absolute Gasteiger partial charge is 0.445 e. The lowest BCUT2D eigenvalue weighted by molar-refractivity contribution is -0.407. The summed E-state index contributed by atoms with van der Waals surface area (Å²) >= 11 is 1.48. The summed E-state index contributed by atoms with van der Waals surface area (Å²) in [6.45, 7) is 2.04. The number of aryl methyl sites for hydroxylation is 1. The molecule has 1 unspecified atom stereocenters. The average molecular weight is 395 g/mol. The second kappa shape index (κ2) is 7.20. The molecule has 2 aliphatic heterocycles. The highest BCUT2D eigenvalue weighted by Crippen LogP contribution is 2.28. The fourth-order valence-corrected chi connectivity index (χ4v) is 4.18. The lowest BCUT2D eigenvalue weighted by Gasteiger charge is -2.26. The van der Waals surface area contributed by atoms with E-state index in [1.165, 1.54) is 28.9 Å². The topological polar surface area (TPSA) is 78.2 Å². The van der Waals surface area contributed by atoms with E-state index >= 15 is 0 Å². The van der Waals surface area contributed by atoms with Crippen molar-refractivity contribution in [2.75, 3.05) is 14.1 Å². The van der Waals surface area contributed by atoms with Gasteiger partial charge in [-0.25, -0.2) is 9.79 Å². The van der Waals surface area contributed by atoms with Crippen molar-refractivity contribution < 1.29 is 18.6 Å². The van der Waals surface area contributed by atoms with E-state index in [2.05, 4.69) is 16.1 Å². The molecule has 3 heterocycles. The van der Waals surface area contributed by atoms with Crippen LogP contribution >= 0.6 is 11.8 Å². The zero-order valence-corrected chi connectivity index (χ0v) is 16.6. The van der Waals surface area contributed by atoms with E-state index < -0.39 is 11.9 Å². The van der Waals surface area contributed by atoms with Crippen molar-refractivity contribution in [2.45, 2.75) is 12.7 Å². The molecule has 0 bridgehead atoms. The number of hydrogen-bond donors (Lipinski definition) is 0. The molecule has 1 aromatic heterocycles. The highest BCUT2D eigenvalue weighted by atomic mass is 32.2. The predicted octanol–water partition coefficient (Wildman–Crippen LogP) is 2.93. The van der Waals surface area contributed by atoms with Crippen molar-refractivity contribution >= 4 is 40.4 Å². The van der Waals surface area contributed by atoms with E-state index in [0.717, 1.165) is 10.5 Å². The summed E-state index contributed by atoms with van der Waals surface area (Å²) in [6, 6.07) is 11.3. The first-order valence-electron chi connectivity index (χ1n) is 8.77. The van der Waals surface area contributed by atoms with E-state index in [4.69, 9.17) is 4.42 Å². The third-order valence-electron chi connectivity index (χ3n) is 4.65. The van der Waals surface area contributed by atoms with Crippen LogP contribution in [0.2, 0.25) is 0 Å². The van der Waals surface area contributed by atoms with Crippen LogP contribution in [0.25, 0.3) is 0 Å². The summed E-state index contributed by atoms with van der Waals surface area (Å²) in [4.78, 5) is 35.4. The quantitative estimate of drug-likeness (QED) is 0.749. The maximum absolute atomic E-state index is 12.9. The monoisotopic (exact) mass is 395 g/mol. The summed E-state index contributed by atoms with van der Waals surface area (Å²) in [6.07, 6.45) is 1.54. The Morgan fingerprint density at radius 3 is 2.75 bits per heavy atom. The Labute approximate surface area is 166 Å². The van der Waals surface area contributed by atoms with Crippen LogP contribution in [0, 0.1) is 12.8 Å². The third-order valence-corrected chi connectivity index (χ3v) is 5.75. The first kappa shape index (κ1) is 18.4. The number of fused-ring (bicyclic) bond motifs is 1. The van der Waals surface area contributed by atoms with Gasteiger partial charge in [-0.3, -0.25) is 4.79 Å². The summed E-state index contributed by atoms with van der Waals surface area (Å²) in [5.41, 5.74) is 2.31. The van der Waals surface area contributed by atoms with Gasteiger partial charge < -0.3 is 4.42 Å². The minimum absolute atomic E-state index is 0.323. The van der Waals surface area contributed by atoms with Crippen LogP contribution in [0.3, 0.4) is 0 Å². The standard InChI is InChI=1S/C20H19N4O3S/c1-12-6-4-7-13(10-12)11-28-18-15-17(23(2)20(26)24(3)19(15)25)21-16(22-18)14-8-5-9-27-14/h4-10,15H,11H2,1-3H3/q+1.